The van der Waals surface area contributed by atoms with E-state index in [0.29, 0.717) is 13.0 Å². The molecular formula is C7H14N4O4S. The average Bonchev–Trinajstić information content (AvgIpc) is 2.20. The Kier molecular flexibility index (Phi) is 6.84. The van der Waals surface area contributed by atoms with Crippen LogP contribution in [-0.4, -0.2) is 40.0 Å². The van der Waals surface area contributed by atoms with Crippen molar-refractivity contribution in [3.05, 3.63) is 0 Å². The number of hydrogen-bond donors (Lipinski definition) is 2. The topological polar surface area (TPSA) is 137 Å². The van der Waals surface area contributed by atoms with Crippen molar-refractivity contribution in [3.63, 3.8) is 0 Å². The van der Waals surface area contributed by atoms with Gasteiger partial charge < -0.3 is 16.2 Å². The highest BCUT2D eigenvalue weighted by molar-refractivity contribution is 7.61. The molecule has 0 saturated heterocycles. The van der Waals surface area contributed by atoms with E-state index in [0.717, 1.165) is 7.11 Å². The molecule has 0 aromatic rings. The summed E-state index contributed by atoms with van der Waals surface area (Å²) in [5.74, 6) is -0.757. The molecule has 0 amide bonds. The van der Waals surface area contributed by atoms with Gasteiger partial charge in [0.15, 0.2) is 12.0 Å². The predicted octanol–water partition coefficient (Wildman–Crippen LogP) is -1.36. The standard InChI is InChI=1S/C7H14N4O4S/c1-15-6(12)5(11-16(13)14)3-2-4-10-7(8)9/h5H,2-4H2,1H3,(H4,8,9,10)/t5-/m0/s1. The van der Waals surface area contributed by atoms with Gasteiger partial charge in [0.2, 0.25) is 0 Å². The third kappa shape index (κ3) is 6.76. The SMILES string of the molecule is COC(=O)[C@H](CCCN=C(N)N)N=S(=O)=O. The Labute approximate surface area is 94.4 Å². The number of ether oxygens (including phenoxy) is 1. The third-order valence-corrected chi connectivity index (χ3v) is 2.04. The molecule has 0 bridgehead atoms. The number of nitrogens with zero attached hydrogens (tertiary/aromatic N) is 2. The van der Waals surface area contributed by atoms with Crippen LogP contribution in [0.3, 0.4) is 0 Å². The van der Waals surface area contributed by atoms with Gasteiger partial charge in [-0.25, -0.2) is 4.79 Å². The minimum atomic E-state index is -2.64. The maximum absolute atomic E-state index is 11.1. The Hall–Kier alpha value is -1.64. The largest absolute Gasteiger partial charge is 0.467 e. The average molecular weight is 250 g/mol. The second-order valence-corrected chi connectivity index (χ2v) is 3.46. The summed E-state index contributed by atoms with van der Waals surface area (Å²) in [5.41, 5.74) is 10.2. The lowest BCUT2D eigenvalue weighted by molar-refractivity contribution is -0.142. The zero-order chi connectivity index (χ0) is 12.6. The first kappa shape index (κ1) is 14.4. The molecular weight excluding hydrogens is 236 g/mol. The van der Waals surface area contributed by atoms with Gasteiger partial charge in [-0.3, -0.25) is 4.99 Å². The summed E-state index contributed by atoms with van der Waals surface area (Å²) in [6.45, 7) is 0.302. The summed E-state index contributed by atoms with van der Waals surface area (Å²) in [7, 11) is -1.48. The highest BCUT2D eigenvalue weighted by atomic mass is 32.2. The smallest absolute Gasteiger partial charge is 0.331 e. The monoisotopic (exact) mass is 250 g/mol. The van der Waals surface area contributed by atoms with Crippen molar-refractivity contribution in [1.82, 2.24) is 0 Å². The van der Waals surface area contributed by atoms with Crippen LogP contribution in [0.25, 0.3) is 0 Å². The minimum Gasteiger partial charge on any atom is -0.467 e. The van der Waals surface area contributed by atoms with Gasteiger partial charge in [0, 0.05) is 6.54 Å². The summed E-state index contributed by atoms with van der Waals surface area (Å²) in [5, 5.41) is 0. The first-order valence-corrected chi connectivity index (χ1v) is 5.44. The van der Waals surface area contributed by atoms with E-state index in [4.69, 9.17) is 11.5 Å². The van der Waals surface area contributed by atoms with Crippen molar-refractivity contribution in [2.45, 2.75) is 18.9 Å². The normalized spacial score (nSPS) is 11.3. The molecule has 0 aliphatic carbocycles. The number of hydrogen-bond acceptors (Lipinski definition) is 6. The summed E-state index contributed by atoms with van der Waals surface area (Å²) in [4.78, 5) is 14.8. The molecule has 0 aromatic heterocycles. The molecule has 0 aromatic carbocycles. The molecule has 16 heavy (non-hydrogen) atoms. The molecule has 0 rings (SSSR count). The molecule has 8 nitrogen and oxygen atoms in total. The van der Waals surface area contributed by atoms with Crippen LogP contribution in [0.4, 0.5) is 0 Å². The highest BCUT2D eigenvalue weighted by Gasteiger charge is 2.18. The molecule has 4 N–H and O–H groups in total. The summed E-state index contributed by atoms with van der Waals surface area (Å²) < 4.78 is 28.3. The molecule has 0 heterocycles. The van der Waals surface area contributed by atoms with Gasteiger partial charge in [0.25, 0.3) is 0 Å². The van der Waals surface area contributed by atoms with Crippen LogP contribution in [0.15, 0.2) is 9.36 Å². The second-order valence-electron chi connectivity index (χ2n) is 2.81. The van der Waals surface area contributed by atoms with Crippen LogP contribution in [0, 0.1) is 0 Å². The summed E-state index contributed by atoms with van der Waals surface area (Å²) in [6, 6.07) is -1.03. The molecule has 0 fully saturated rings. The number of aliphatic imine (C=N–C) groups is 1. The van der Waals surface area contributed by atoms with Crippen molar-refractivity contribution in [2.24, 2.45) is 20.8 Å². The molecule has 92 valence electrons. The molecule has 0 radical (unpaired) electrons. The number of carbonyl (C=O) groups is 1. The van der Waals surface area contributed by atoms with E-state index < -0.39 is 22.5 Å². The Bertz CT molecular complexity index is 377. The number of guanidine groups is 1. The van der Waals surface area contributed by atoms with E-state index in [-0.39, 0.29) is 12.4 Å². The zero-order valence-corrected chi connectivity index (χ0v) is 9.61. The quantitative estimate of drug-likeness (QED) is 0.258. The lowest BCUT2D eigenvalue weighted by Crippen LogP contribution is -2.23. The molecule has 0 saturated carbocycles. The van der Waals surface area contributed by atoms with Gasteiger partial charge in [-0.15, -0.1) is 0 Å². The van der Waals surface area contributed by atoms with E-state index in [1.807, 2.05) is 0 Å². The first-order valence-electron chi connectivity index (χ1n) is 4.40. The lowest BCUT2D eigenvalue weighted by Gasteiger charge is -2.06. The molecule has 0 spiro atoms. The highest BCUT2D eigenvalue weighted by Crippen LogP contribution is 2.04. The molecule has 9 heteroatoms. The van der Waals surface area contributed by atoms with E-state index in [2.05, 4.69) is 14.1 Å². The third-order valence-electron chi connectivity index (χ3n) is 1.62. The predicted molar refractivity (Wildman–Crippen MR) is 57.1 cm³/mol. The molecule has 0 unspecified atom stereocenters. The maximum Gasteiger partial charge on any atom is 0.331 e. The van der Waals surface area contributed by atoms with Gasteiger partial charge >= 0.3 is 16.5 Å². The van der Waals surface area contributed by atoms with E-state index in [1.54, 1.807) is 0 Å². The number of nitrogens with two attached hydrogens (primary N) is 2. The Morgan fingerprint density at radius 2 is 2.06 bits per heavy atom. The fraction of sp³-hybridized carbons (Fsp3) is 0.714. The van der Waals surface area contributed by atoms with Crippen LogP contribution >= 0.6 is 0 Å². The van der Waals surface area contributed by atoms with Crippen LogP contribution in [0.5, 0.6) is 0 Å². The number of esters is 1. The van der Waals surface area contributed by atoms with E-state index in [1.165, 1.54) is 0 Å². The number of methoxy groups -OCH3 is 1. The van der Waals surface area contributed by atoms with Gasteiger partial charge in [0.05, 0.1) is 7.11 Å². The molecule has 1 atom stereocenters. The van der Waals surface area contributed by atoms with Gasteiger partial charge in [-0.2, -0.15) is 12.8 Å². The number of rotatable bonds is 6. The minimum absolute atomic E-state index is 0.0565. The van der Waals surface area contributed by atoms with Crippen molar-refractivity contribution in [1.29, 1.82) is 0 Å². The summed E-state index contributed by atoms with van der Waals surface area (Å²) >= 11 is 0. The summed E-state index contributed by atoms with van der Waals surface area (Å²) in [6.07, 6.45) is 0.635. The zero-order valence-electron chi connectivity index (χ0n) is 8.79. The first-order chi connectivity index (χ1) is 7.47. The van der Waals surface area contributed by atoms with Crippen molar-refractivity contribution < 1.29 is 17.9 Å². The second kappa shape index (κ2) is 7.63. The van der Waals surface area contributed by atoms with E-state index >= 15 is 0 Å². The van der Waals surface area contributed by atoms with E-state index in [9.17, 15) is 13.2 Å². The van der Waals surface area contributed by atoms with Crippen molar-refractivity contribution >= 4 is 22.4 Å². The maximum atomic E-state index is 11.1. The Morgan fingerprint density at radius 1 is 1.44 bits per heavy atom. The van der Waals surface area contributed by atoms with Crippen molar-refractivity contribution in [3.8, 4) is 0 Å². The Balaban J connectivity index is 4.29. The van der Waals surface area contributed by atoms with Gasteiger partial charge in [-0.1, -0.05) is 0 Å². The molecule has 0 aliphatic rings. The fourth-order valence-electron chi connectivity index (χ4n) is 0.946. The van der Waals surface area contributed by atoms with Crippen LogP contribution < -0.4 is 11.5 Å². The van der Waals surface area contributed by atoms with Gasteiger partial charge in [0.1, 0.15) is 0 Å². The van der Waals surface area contributed by atoms with Crippen molar-refractivity contribution in [2.75, 3.05) is 13.7 Å². The Morgan fingerprint density at radius 3 is 2.50 bits per heavy atom. The fourth-order valence-corrected chi connectivity index (χ4v) is 1.35. The van der Waals surface area contributed by atoms with Gasteiger partial charge in [-0.05, 0) is 12.8 Å². The van der Waals surface area contributed by atoms with Crippen LogP contribution in [-0.2, 0) is 20.0 Å². The number of carbonyl (C=O) groups excluding carboxylic acids is 1. The van der Waals surface area contributed by atoms with Crippen LogP contribution in [0.1, 0.15) is 12.8 Å². The molecule has 0 aliphatic heterocycles. The van der Waals surface area contributed by atoms with Crippen LogP contribution in [0.2, 0.25) is 0 Å². The lowest BCUT2D eigenvalue weighted by atomic mass is 10.2.